The van der Waals surface area contributed by atoms with E-state index in [1.165, 1.54) is 19.3 Å². The number of carbonyl (C=O) groups excluding carboxylic acids is 2. The maximum absolute atomic E-state index is 12.8. The van der Waals surface area contributed by atoms with Crippen molar-refractivity contribution in [2.75, 3.05) is 18.5 Å². The molecule has 1 aliphatic rings. The van der Waals surface area contributed by atoms with Gasteiger partial charge in [-0.25, -0.2) is 9.59 Å². The smallest absolute Gasteiger partial charge is 0.411 e. The zero-order valence-electron chi connectivity index (χ0n) is 18.3. The molecule has 2 amide bonds. The Hall–Kier alpha value is -4.07. The molecule has 0 radical (unpaired) electrons. The summed E-state index contributed by atoms with van der Waals surface area (Å²) in [5.74, 6) is -2.02. The summed E-state index contributed by atoms with van der Waals surface area (Å²) in [6.45, 7) is 3.36. The lowest BCUT2D eigenvalue weighted by atomic mass is 9.98. The minimum Gasteiger partial charge on any atom is -0.480 e. The van der Waals surface area contributed by atoms with Crippen LogP contribution in [0.1, 0.15) is 41.4 Å². The molecule has 1 atom stereocenters. The van der Waals surface area contributed by atoms with Gasteiger partial charge in [-0.05, 0) is 36.1 Å². The summed E-state index contributed by atoms with van der Waals surface area (Å²) in [6.07, 6.45) is 0.521. The van der Waals surface area contributed by atoms with Crippen molar-refractivity contribution in [2.45, 2.75) is 25.8 Å². The van der Waals surface area contributed by atoms with E-state index in [4.69, 9.17) is 9.15 Å². The van der Waals surface area contributed by atoms with Crippen LogP contribution in [0.2, 0.25) is 0 Å². The maximum atomic E-state index is 12.8. The molecule has 0 saturated carbocycles. The molecular formula is C25H24N2O6. The summed E-state index contributed by atoms with van der Waals surface area (Å²) in [7, 11) is 0. The molecule has 0 saturated heterocycles. The first-order valence-corrected chi connectivity index (χ1v) is 10.7. The van der Waals surface area contributed by atoms with E-state index in [-0.39, 0.29) is 30.5 Å². The number of furan rings is 1. The van der Waals surface area contributed by atoms with Crippen molar-refractivity contribution in [1.82, 2.24) is 4.90 Å². The Labute approximate surface area is 190 Å². The topological polar surface area (TPSA) is 109 Å². The highest BCUT2D eigenvalue weighted by atomic mass is 16.5. The molecule has 1 heterocycles. The fourth-order valence-corrected chi connectivity index (χ4v) is 4.17. The van der Waals surface area contributed by atoms with Crippen molar-refractivity contribution >= 4 is 23.7 Å². The van der Waals surface area contributed by atoms with Gasteiger partial charge in [0.25, 0.3) is 5.91 Å². The highest BCUT2D eigenvalue weighted by Crippen LogP contribution is 2.44. The molecule has 1 aliphatic carbocycles. The van der Waals surface area contributed by atoms with Gasteiger partial charge in [-0.15, -0.1) is 0 Å². The third kappa shape index (κ3) is 4.19. The largest absolute Gasteiger partial charge is 0.480 e. The number of anilines is 1. The van der Waals surface area contributed by atoms with Gasteiger partial charge in [0, 0.05) is 18.5 Å². The van der Waals surface area contributed by atoms with Gasteiger partial charge in [0.2, 0.25) is 5.76 Å². The molecule has 0 spiro atoms. The van der Waals surface area contributed by atoms with E-state index in [2.05, 4.69) is 17.4 Å². The SMILES string of the molecule is CCN(C(=O)c1occc1NC(=O)OCC1c2ccccc2-c2ccccc21)C(C)C(=O)O. The summed E-state index contributed by atoms with van der Waals surface area (Å²) >= 11 is 0. The number of amides is 2. The second-order valence-electron chi connectivity index (χ2n) is 7.72. The number of hydrogen-bond acceptors (Lipinski definition) is 5. The number of benzene rings is 2. The van der Waals surface area contributed by atoms with Crippen LogP contribution in [-0.4, -0.2) is 47.2 Å². The number of carbonyl (C=O) groups is 3. The molecule has 3 aromatic rings. The third-order valence-corrected chi connectivity index (χ3v) is 5.87. The summed E-state index contributed by atoms with van der Waals surface area (Å²) in [5, 5.41) is 11.8. The van der Waals surface area contributed by atoms with E-state index in [1.54, 1.807) is 6.92 Å². The van der Waals surface area contributed by atoms with Crippen molar-refractivity contribution < 1.29 is 28.6 Å². The molecule has 33 heavy (non-hydrogen) atoms. The summed E-state index contributed by atoms with van der Waals surface area (Å²) < 4.78 is 10.8. The van der Waals surface area contributed by atoms with Crippen LogP contribution in [0, 0.1) is 0 Å². The fraction of sp³-hybridized carbons (Fsp3) is 0.240. The van der Waals surface area contributed by atoms with Gasteiger partial charge in [-0.2, -0.15) is 0 Å². The van der Waals surface area contributed by atoms with Crippen molar-refractivity contribution in [1.29, 1.82) is 0 Å². The van der Waals surface area contributed by atoms with Crippen LogP contribution in [0.25, 0.3) is 11.1 Å². The van der Waals surface area contributed by atoms with Gasteiger partial charge in [-0.3, -0.25) is 10.1 Å². The average molecular weight is 448 g/mol. The zero-order chi connectivity index (χ0) is 23.5. The number of fused-ring (bicyclic) bond motifs is 3. The molecule has 8 nitrogen and oxygen atoms in total. The highest BCUT2D eigenvalue weighted by Gasteiger charge is 2.31. The van der Waals surface area contributed by atoms with E-state index in [9.17, 15) is 19.5 Å². The number of carboxylic acids is 1. The van der Waals surface area contributed by atoms with Crippen LogP contribution in [0.3, 0.4) is 0 Å². The van der Waals surface area contributed by atoms with Crippen LogP contribution in [0.15, 0.2) is 65.3 Å². The van der Waals surface area contributed by atoms with Crippen molar-refractivity contribution in [2.24, 2.45) is 0 Å². The predicted octanol–water partition coefficient (Wildman–Crippen LogP) is 4.58. The maximum Gasteiger partial charge on any atom is 0.411 e. The molecule has 1 unspecified atom stereocenters. The Morgan fingerprint density at radius 2 is 1.67 bits per heavy atom. The van der Waals surface area contributed by atoms with Gasteiger partial charge >= 0.3 is 12.1 Å². The molecule has 1 aromatic heterocycles. The van der Waals surface area contributed by atoms with Gasteiger partial charge in [0.15, 0.2) is 0 Å². The van der Waals surface area contributed by atoms with Gasteiger partial charge < -0.3 is 19.2 Å². The van der Waals surface area contributed by atoms with Crippen molar-refractivity contribution in [3.8, 4) is 11.1 Å². The van der Waals surface area contributed by atoms with Crippen molar-refractivity contribution in [3.63, 3.8) is 0 Å². The molecule has 170 valence electrons. The first-order chi connectivity index (χ1) is 15.9. The molecule has 0 aliphatic heterocycles. The summed E-state index contributed by atoms with van der Waals surface area (Å²) in [6, 6.07) is 16.4. The van der Waals surface area contributed by atoms with E-state index in [0.717, 1.165) is 27.2 Å². The Bertz CT molecular complexity index is 1160. The quantitative estimate of drug-likeness (QED) is 0.548. The zero-order valence-corrected chi connectivity index (χ0v) is 18.3. The normalized spacial score (nSPS) is 13.0. The number of ether oxygens (including phenoxy) is 1. The van der Waals surface area contributed by atoms with Gasteiger partial charge in [-0.1, -0.05) is 48.5 Å². The number of nitrogens with one attached hydrogen (secondary N) is 1. The van der Waals surface area contributed by atoms with Crippen LogP contribution in [0.4, 0.5) is 10.5 Å². The highest BCUT2D eigenvalue weighted by molar-refractivity contribution is 6.01. The second-order valence-corrected chi connectivity index (χ2v) is 7.72. The number of likely N-dealkylation sites (N-methyl/N-ethyl adjacent to an activating group) is 1. The second kappa shape index (κ2) is 9.20. The Balaban J connectivity index is 1.46. The fourth-order valence-electron chi connectivity index (χ4n) is 4.17. The molecule has 0 fully saturated rings. The summed E-state index contributed by atoms with van der Waals surface area (Å²) in [5.41, 5.74) is 4.54. The predicted molar refractivity (Wildman–Crippen MR) is 121 cm³/mol. The molecule has 4 rings (SSSR count). The number of hydrogen-bond donors (Lipinski definition) is 2. The Morgan fingerprint density at radius 1 is 1.06 bits per heavy atom. The average Bonchev–Trinajstić information content (AvgIpc) is 3.40. The first kappa shape index (κ1) is 22.1. The monoisotopic (exact) mass is 448 g/mol. The lowest BCUT2D eigenvalue weighted by Gasteiger charge is -2.24. The molecule has 2 N–H and O–H groups in total. The minimum atomic E-state index is -1.14. The Kier molecular flexibility index (Phi) is 6.17. The number of nitrogens with zero attached hydrogens (tertiary/aromatic N) is 1. The number of rotatable bonds is 7. The molecular weight excluding hydrogens is 424 g/mol. The first-order valence-electron chi connectivity index (χ1n) is 10.7. The minimum absolute atomic E-state index is 0.0967. The van der Waals surface area contributed by atoms with E-state index >= 15 is 0 Å². The van der Waals surface area contributed by atoms with Crippen LogP contribution >= 0.6 is 0 Å². The van der Waals surface area contributed by atoms with Crippen LogP contribution < -0.4 is 5.32 Å². The van der Waals surface area contributed by atoms with Crippen LogP contribution in [0.5, 0.6) is 0 Å². The lowest BCUT2D eigenvalue weighted by molar-refractivity contribution is -0.141. The standard InChI is InChI=1S/C25H24N2O6/c1-3-27(15(2)24(29)30)23(28)22-21(12-13-32-22)26-25(31)33-14-20-18-10-6-4-8-16(18)17-9-5-7-11-19(17)20/h4-13,15,20H,3,14H2,1-2H3,(H,26,31)(H,29,30). The molecule has 8 heteroatoms. The van der Waals surface area contributed by atoms with Gasteiger partial charge in [0.05, 0.1) is 12.0 Å². The summed E-state index contributed by atoms with van der Waals surface area (Å²) in [4.78, 5) is 37.8. The molecule has 0 bridgehead atoms. The lowest BCUT2D eigenvalue weighted by Crippen LogP contribution is -2.43. The van der Waals surface area contributed by atoms with Gasteiger partial charge in [0.1, 0.15) is 12.6 Å². The van der Waals surface area contributed by atoms with E-state index in [0.29, 0.717) is 0 Å². The van der Waals surface area contributed by atoms with E-state index in [1.807, 2.05) is 36.4 Å². The third-order valence-electron chi connectivity index (χ3n) is 5.87. The van der Waals surface area contributed by atoms with Crippen LogP contribution in [-0.2, 0) is 9.53 Å². The molecule has 2 aromatic carbocycles. The number of carboxylic acid groups (broad SMARTS) is 1. The van der Waals surface area contributed by atoms with E-state index < -0.39 is 24.0 Å². The number of aliphatic carboxylic acids is 1. The Morgan fingerprint density at radius 3 is 2.24 bits per heavy atom. The van der Waals surface area contributed by atoms with Crippen molar-refractivity contribution in [3.05, 3.63) is 77.7 Å².